The lowest BCUT2D eigenvalue weighted by Gasteiger charge is -2.22. The largest absolute Gasteiger partial charge is 0.324 e. The molecule has 0 radical (unpaired) electrons. The molecular formula is C25H16N2O5. The maximum absolute atomic E-state index is 12.9. The minimum absolute atomic E-state index is 0.194. The number of ketones is 2. The van der Waals surface area contributed by atoms with Crippen LogP contribution in [0.1, 0.15) is 59.5 Å². The third-order valence-corrected chi connectivity index (χ3v) is 5.78. The van der Waals surface area contributed by atoms with E-state index in [1.807, 2.05) is 0 Å². The van der Waals surface area contributed by atoms with E-state index < -0.39 is 23.8 Å². The SMILES string of the molecule is CC(C(=O)Nc1ccc2c(c1)C(=O)c1ccccc1C2=O)N1C(=O)c2ccccc2C1=O. The topological polar surface area (TPSA) is 101 Å². The fourth-order valence-electron chi connectivity index (χ4n) is 4.10. The van der Waals surface area contributed by atoms with Gasteiger partial charge in [-0.3, -0.25) is 28.9 Å². The number of hydrogen-bond donors (Lipinski definition) is 1. The summed E-state index contributed by atoms with van der Waals surface area (Å²) in [6.07, 6.45) is 0. The average Bonchev–Trinajstić information content (AvgIpc) is 3.07. The summed E-state index contributed by atoms with van der Waals surface area (Å²) in [7, 11) is 0. The monoisotopic (exact) mass is 424 g/mol. The van der Waals surface area contributed by atoms with Crippen molar-refractivity contribution in [1.29, 1.82) is 0 Å². The van der Waals surface area contributed by atoms with E-state index in [0.29, 0.717) is 11.1 Å². The number of carbonyl (C=O) groups excluding carboxylic acids is 5. The molecule has 0 fully saturated rings. The Kier molecular flexibility index (Phi) is 4.34. The number of hydrogen-bond acceptors (Lipinski definition) is 5. The second-order valence-corrected chi connectivity index (χ2v) is 7.66. The van der Waals surface area contributed by atoms with E-state index in [9.17, 15) is 24.0 Å². The van der Waals surface area contributed by atoms with Crippen molar-refractivity contribution in [2.24, 2.45) is 0 Å². The van der Waals surface area contributed by atoms with Crippen LogP contribution in [0.15, 0.2) is 66.7 Å². The molecule has 156 valence electrons. The van der Waals surface area contributed by atoms with Gasteiger partial charge in [0.2, 0.25) is 5.91 Å². The van der Waals surface area contributed by atoms with Crippen molar-refractivity contribution in [1.82, 2.24) is 4.90 Å². The summed E-state index contributed by atoms with van der Waals surface area (Å²) in [5.74, 6) is -2.21. The van der Waals surface area contributed by atoms with E-state index in [0.717, 1.165) is 4.90 Å². The molecule has 1 aliphatic carbocycles. The van der Waals surface area contributed by atoms with Crippen LogP contribution in [0.3, 0.4) is 0 Å². The lowest BCUT2D eigenvalue weighted by molar-refractivity contribution is -0.119. The van der Waals surface area contributed by atoms with Crippen molar-refractivity contribution in [3.63, 3.8) is 0 Å². The first kappa shape index (κ1) is 19.6. The number of carbonyl (C=O) groups is 5. The summed E-state index contributed by atoms with van der Waals surface area (Å²) >= 11 is 0. The number of benzene rings is 3. The Balaban J connectivity index is 1.40. The molecule has 3 aromatic rings. The fraction of sp³-hybridized carbons (Fsp3) is 0.0800. The molecule has 1 aliphatic heterocycles. The van der Waals surface area contributed by atoms with E-state index in [1.165, 1.54) is 25.1 Å². The normalized spacial score (nSPS) is 15.2. The van der Waals surface area contributed by atoms with Crippen molar-refractivity contribution in [3.8, 4) is 0 Å². The first-order valence-electron chi connectivity index (χ1n) is 9.98. The van der Waals surface area contributed by atoms with Gasteiger partial charge in [-0.05, 0) is 37.3 Å². The second kappa shape index (κ2) is 7.09. The van der Waals surface area contributed by atoms with E-state index in [4.69, 9.17) is 0 Å². The van der Waals surface area contributed by atoms with Gasteiger partial charge in [-0.15, -0.1) is 0 Å². The summed E-state index contributed by atoms with van der Waals surface area (Å²) in [5, 5.41) is 2.65. The Bertz CT molecular complexity index is 1340. The summed E-state index contributed by atoms with van der Waals surface area (Å²) in [4.78, 5) is 64.6. The number of nitrogens with zero attached hydrogens (tertiary/aromatic N) is 1. The average molecular weight is 424 g/mol. The van der Waals surface area contributed by atoms with E-state index in [-0.39, 0.29) is 39.5 Å². The number of anilines is 1. The van der Waals surface area contributed by atoms with Gasteiger partial charge >= 0.3 is 0 Å². The summed E-state index contributed by atoms with van der Waals surface area (Å²) in [6.45, 7) is 1.46. The number of fused-ring (bicyclic) bond motifs is 3. The lowest BCUT2D eigenvalue weighted by Crippen LogP contribution is -2.45. The van der Waals surface area contributed by atoms with Gasteiger partial charge in [-0.2, -0.15) is 0 Å². The van der Waals surface area contributed by atoms with Crippen molar-refractivity contribution < 1.29 is 24.0 Å². The molecule has 1 heterocycles. The van der Waals surface area contributed by atoms with Gasteiger partial charge in [0, 0.05) is 27.9 Å². The minimum atomic E-state index is -1.07. The maximum Gasteiger partial charge on any atom is 0.262 e. The Morgan fingerprint density at radius 2 is 1.16 bits per heavy atom. The Morgan fingerprint density at radius 3 is 1.72 bits per heavy atom. The molecule has 0 bridgehead atoms. The Labute approximate surface area is 182 Å². The fourth-order valence-corrected chi connectivity index (χ4v) is 4.10. The summed E-state index contributed by atoms with van der Waals surface area (Å²) < 4.78 is 0. The van der Waals surface area contributed by atoms with E-state index in [2.05, 4.69) is 5.32 Å². The van der Waals surface area contributed by atoms with Gasteiger partial charge in [0.05, 0.1) is 11.1 Å². The third kappa shape index (κ3) is 2.79. The highest BCUT2D eigenvalue weighted by atomic mass is 16.2. The molecule has 1 atom stereocenters. The third-order valence-electron chi connectivity index (χ3n) is 5.78. The van der Waals surface area contributed by atoms with Gasteiger partial charge in [-0.1, -0.05) is 36.4 Å². The number of rotatable bonds is 3. The molecule has 3 amide bonds. The molecule has 3 aromatic carbocycles. The maximum atomic E-state index is 12.9. The number of imide groups is 1. The lowest BCUT2D eigenvalue weighted by atomic mass is 9.84. The van der Waals surface area contributed by atoms with Crippen LogP contribution in [-0.2, 0) is 4.79 Å². The molecule has 1 N–H and O–H groups in total. The molecule has 0 saturated heterocycles. The van der Waals surface area contributed by atoms with Crippen LogP contribution >= 0.6 is 0 Å². The van der Waals surface area contributed by atoms with Crippen molar-refractivity contribution in [2.45, 2.75) is 13.0 Å². The zero-order chi connectivity index (χ0) is 22.6. The minimum Gasteiger partial charge on any atom is -0.324 e. The van der Waals surface area contributed by atoms with Crippen molar-refractivity contribution >= 4 is 35.0 Å². The first-order chi connectivity index (χ1) is 15.4. The van der Waals surface area contributed by atoms with Crippen LogP contribution in [-0.4, -0.2) is 40.2 Å². The van der Waals surface area contributed by atoms with Crippen LogP contribution in [0.4, 0.5) is 5.69 Å². The van der Waals surface area contributed by atoms with Crippen molar-refractivity contribution in [2.75, 3.05) is 5.32 Å². The molecule has 5 rings (SSSR count). The zero-order valence-corrected chi connectivity index (χ0v) is 16.9. The van der Waals surface area contributed by atoms with Gasteiger partial charge < -0.3 is 5.32 Å². The van der Waals surface area contributed by atoms with E-state index in [1.54, 1.807) is 48.5 Å². The molecule has 2 aliphatic rings. The Morgan fingerprint density at radius 1 is 0.688 bits per heavy atom. The molecule has 0 spiro atoms. The van der Waals surface area contributed by atoms with E-state index >= 15 is 0 Å². The highest BCUT2D eigenvalue weighted by molar-refractivity contribution is 6.29. The van der Waals surface area contributed by atoms with Crippen LogP contribution in [0.5, 0.6) is 0 Å². The molecule has 7 nitrogen and oxygen atoms in total. The molecule has 0 saturated carbocycles. The second-order valence-electron chi connectivity index (χ2n) is 7.66. The van der Waals surface area contributed by atoms with Crippen LogP contribution in [0.25, 0.3) is 0 Å². The summed E-state index contributed by atoms with van der Waals surface area (Å²) in [6, 6.07) is 16.4. The summed E-state index contributed by atoms with van der Waals surface area (Å²) in [5.41, 5.74) is 1.93. The number of amides is 3. The highest BCUT2D eigenvalue weighted by Gasteiger charge is 2.40. The molecule has 0 aromatic heterocycles. The predicted octanol–water partition coefficient (Wildman–Crippen LogP) is 3.09. The Hall–Kier alpha value is -4.39. The zero-order valence-electron chi connectivity index (χ0n) is 16.9. The van der Waals surface area contributed by atoms with Gasteiger partial charge in [0.1, 0.15) is 6.04 Å². The first-order valence-corrected chi connectivity index (χ1v) is 9.98. The quantitative estimate of drug-likeness (QED) is 0.510. The predicted molar refractivity (Wildman–Crippen MR) is 115 cm³/mol. The van der Waals surface area contributed by atoms with Gasteiger partial charge in [-0.25, -0.2) is 0 Å². The highest BCUT2D eigenvalue weighted by Crippen LogP contribution is 2.30. The van der Waals surface area contributed by atoms with Crippen LogP contribution in [0, 0.1) is 0 Å². The van der Waals surface area contributed by atoms with Crippen LogP contribution in [0.2, 0.25) is 0 Å². The molecular weight excluding hydrogens is 408 g/mol. The molecule has 32 heavy (non-hydrogen) atoms. The molecule has 7 heteroatoms. The van der Waals surface area contributed by atoms with Crippen molar-refractivity contribution in [3.05, 3.63) is 100 Å². The van der Waals surface area contributed by atoms with Gasteiger partial charge in [0.15, 0.2) is 11.6 Å². The smallest absolute Gasteiger partial charge is 0.262 e. The van der Waals surface area contributed by atoms with Crippen LogP contribution < -0.4 is 5.32 Å². The van der Waals surface area contributed by atoms with Gasteiger partial charge in [0.25, 0.3) is 11.8 Å². The molecule has 1 unspecified atom stereocenters. The number of nitrogens with one attached hydrogen (secondary N) is 1. The standard InChI is InChI=1S/C25H16N2O5/c1-13(27-24(31)18-8-4-5-9-19(18)25(27)32)23(30)26-14-10-11-17-20(12-14)22(29)16-7-3-2-6-15(16)21(17)28/h2-13H,1H3,(H,26,30).